The molecule has 0 radical (unpaired) electrons. The number of aromatic nitrogens is 1. The first-order chi connectivity index (χ1) is 15.9. The molecule has 1 amide bonds. The van der Waals surface area contributed by atoms with E-state index in [0.29, 0.717) is 49.2 Å². The van der Waals surface area contributed by atoms with Gasteiger partial charge in [-0.15, -0.1) is 0 Å². The number of aliphatic hydroxyl groups is 1. The van der Waals surface area contributed by atoms with Crippen molar-refractivity contribution in [3.63, 3.8) is 0 Å². The van der Waals surface area contributed by atoms with E-state index in [2.05, 4.69) is 10.9 Å². The van der Waals surface area contributed by atoms with Crippen molar-refractivity contribution in [2.45, 2.75) is 44.8 Å². The molecule has 0 spiro atoms. The molecule has 0 bridgehead atoms. The molecule has 3 heterocycles. The quantitative estimate of drug-likeness (QED) is 0.531. The minimum absolute atomic E-state index is 0.0288. The van der Waals surface area contributed by atoms with E-state index in [4.69, 9.17) is 0 Å². The second-order valence-electron chi connectivity index (χ2n) is 8.91. The Kier molecular flexibility index (Phi) is 5.54. The van der Waals surface area contributed by atoms with Gasteiger partial charge in [-0.05, 0) is 50.8 Å². The molecule has 3 aromatic rings. The molecular weight excluding hydrogens is 423 g/mol. The maximum absolute atomic E-state index is 15.4. The third-order valence-electron chi connectivity index (χ3n) is 6.75. The fourth-order valence-corrected chi connectivity index (χ4v) is 4.95. The lowest BCUT2D eigenvalue weighted by Gasteiger charge is -2.36. The number of rotatable bonds is 4. The molecule has 3 N–H and O–H groups in total. The van der Waals surface area contributed by atoms with Gasteiger partial charge >= 0.3 is 0 Å². The van der Waals surface area contributed by atoms with Gasteiger partial charge < -0.3 is 14.6 Å². The fraction of sp³-hybridized carbons (Fsp3) is 0.360. The first kappa shape index (κ1) is 21.5. The van der Waals surface area contributed by atoms with Gasteiger partial charge in [-0.3, -0.25) is 20.4 Å². The summed E-state index contributed by atoms with van der Waals surface area (Å²) < 4.78 is 17.4. The monoisotopic (exact) mass is 450 g/mol. The lowest BCUT2D eigenvalue weighted by atomic mass is 9.93. The van der Waals surface area contributed by atoms with Crippen molar-refractivity contribution < 1.29 is 14.3 Å². The Morgan fingerprint density at radius 1 is 1.15 bits per heavy atom. The number of benzene rings is 2. The molecule has 1 fully saturated rings. The summed E-state index contributed by atoms with van der Waals surface area (Å²) in [7, 11) is 0. The number of para-hydroxylation sites is 1. The molecular formula is C25H27FN4O3. The molecule has 2 aliphatic heterocycles. The van der Waals surface area contributed by atoms with E-state index in [1.54, 1.807) is 18.3 Å². The summed E-state index contributed by atoms with van der Waals surface area (Å²) in [5.41, 5.74) is 7.60. The lowest BCUT2D eigenvalue weighted by Crippen LogP contribution is -2.38. The van der Waals surface area contributed by atoms with Gasteiger partial charge in [0.25, 0.3) is 5.91 Å². The second kappa shape index (κ2) is 8.51. The van der Waals surface area contributed by atoms with Crippen molar-refractivity contribution in [3.8, 4) is 0 Å². The number of aryl methyl sites for hydroxylation is 1. The lowest BCUT2D eigenvalue weighted by molar-refractivity contribution is 0.0961. The Hall–Kier alpha value is -3.39. The predicted molar refractivity (Wildman–Crippen MR) is 126 cm³/mol. The number of hydrogen-bond acceptors (Lipinski definition) is 5. The largest absolute Gasteiger partial charge is 0.393 e. The minimum Gasteiger partial charge on any atom is -0.393 e. The number of nitrogens with zero attached hydrogens (tertiary/aromatic N) is 2. The van der Waals surface area contributed by atoms with E-state index in [9.17, 15) is 14.7 Å². The van der Waals surface area contributed by atoms with Crippen molar-refractivity contribution in [1.29, 1.82) is 0 Å². The number of anilines is 2. The Balaban J connectivity index is 1.58. The average molecular weight is 451 g/mol. The highest BCUT2D eigenvalue weighted by Gasteiger charge is 2.30. The van der Waals surface area contributed by atoms with E-state index in [0.717, 1.165) is 12.0 Å². The van der Waals surface area contributed by atoms with Crippen molar-refractivity contribution >= 4 is 28.2 Å². The standard InChI is InChI=1S/C25H27FN4O3/c1-15-7-8-18-22-19(13-21(26)23(18)29-11-9-17(31)10-12-29)24(32)20(14-30(15)22)25(33)28-27-16-5-3-2-4-6-16/h2-6,13-15,17,27,31H,7-12H2,1H3,(H,28,33). The van der Waals surface area contributed by atoms with Crippen LogP contribution in [0.25, 0.3) is 10.9 Å². The van der Waals surface area contributed by atoms with Crippen LogP contribution in [-0.2, 0) is 6.42 Å². The summed E-state index contributed by atoms with van der Waals surface area (Å²) >= 11 is 0. The Labute approximate surface area is 190 Å². The number of carbonyl (C=O) groups excluding carboxylic acids is 1. The van der Waals surface area contributed by atoms with E-state index in [-0.39, 0.29) is 23.1 Å². The summed E-state index contributed by atoms with van der Waals surface area (Å²) in [6, 6.07) is 10.4. The normalized spacial score (nSPS) is 18.4. The Morgan fingerprint density at radius 3 is 2.61 bits per heavy atom. The zero-order valence-electron chi connectivity index (χ0n) is 18.5. The van der Waals surface area contributed by atoms with Gasteiger partial charge in [-0.25, -0.2) is 4.39 Å². The van der Waals surface area contributed by atoms with Crippen LogP contribution in [0.2, 0.25) is 0 Å². The van der Waals surface area contributed by atoms with Gasteiger partial charge in [-0.2, -0.15) is 0 Å². The van der Waals surface area contributed by atoms with E-state index in [1.807, 2.05) is 34.6 Å². The Morgan fingerprint density at radius 2 is 1.88 bits per heavy atom. The topological polar surface area (TPSA) is 86.6 Å². The maximum Gasteiger partial charge on any atom is 0.275 e. The SMILES string of the molecule is CC1CCc2c(N3CCC(O)CC3)c(F)cc3c(=O)c(C(=O)NNc4ccccc4)cn1c23. The number of hydrogen-bond donors (Lipinski definition) is 3. The van der Waals surface area contributed by atoms with Gasteiger partial charge in [0.05, 0.1) is 23.0 Å². The molecule has 1 saturated heterocycles. The predicted octanol–water partition coefficient (Wildman–Crippen LogP) is 3.37. The number of piperidine rings is 1. The van der Waals surface area contributed by atoms with Crippen molar-refractivity contribution in [3.05, 3.63) is 69.8 Å². The van der Waals surface area contributed by atoms with E-state index >= 15 is 4.39 Å². The minimum atomic E-state index is -0.566. The zero-order valence-corrected chi connectivity index (χ0v) is 18.5. The molecule has 5 rings (SSSR count). The van der Waals surface area contributed by atoms with Crippen molar-refractivity contribution in [2.24, 2.45) is 0 Å². The highest BCUT2D eigenvalue weighted by atomic mass is 19.1. The molecule has 1 unspecified atom stereocenters. The number of carbonyl (C=O) groups is 1. The molecule has 1 atom stereocenters. The van der Waals surface area contributed by atoms with E-state index in [1.165, 1.54) is 6.07 Å². The fourth-order valence-electron chi connectivity index (χ4n) is 4.95. The number of aliphatic hydroxyl groups excluding tert-OH is 1. The molecule has 7 nitrogen and oxygen atoms in total. The zero-order chi connectivity index (χ0) is 23.1. The molecule has 172 valence electrons. The summed E-state index contributed by atoms with van der Waals surface area (Å²) in [4.78, 5) is 28.2. The molecule has 0 aliphatic carbocycles. The van der Waals surface area contributed by atoms with Crippen LogP contribution in [-0.4, -0.2) is 34.8 Å². The van der Waals surface area contributed by atoms with Gasteiger partial charge in [0.2, 0.25) is 5.43 Å². The number of hydrazine groups is 1. The number of nitrogens with one attached hydrogen (secondary N) is 2. The number of amides is 1. The second-order valence-corrected chi connectivity index (χ2v) is 8.91. The summed E-state index contributed by atoms with van der Waals surface area (Å²) in [5.74, 6) is -1.02. The molecule has 2 aromatic carbocycles. The van der Waals surface area contributed by atoms with Crippen LogP contribution in [0.1, 0.15) is 48.1 Å². The third kappa shape index (κ3) is 3.84. The summed E-state index contributed by atoms with van der Waals surface area (Å²) in [6.07, 6.45) is 3.86. The van der Waals surface area contributed by atoms with Crippen LogP contribution >= 0.6 is 0 Å². The molecule has 1 aromatic heterocycles. The molecule has 33 heavy (non-hydrogen) atoms. The smallest absolute Gasteiger partial charge is 0.275 e. The van der Waals surface area contributed by atoms with E-state index < -0.39 is 17.2 Å². The average Bonchev–Trinajstić information content (AvgIpc) is 2.82. The van der Waals surface area contributed by atoms with Crippen LogP contribution in [0.15, 0.2) is 47.4 Å². The van der Waals surface area contributed by atoms with Crippen LogP contribution in [0.3, 0.4) is 0 Å². The van der Waals surface area contributed by atoms with Crippen LogP contribution in [0, 0.1) is 5.82 Å². The first-order valence-electron chi connectivity index (χ1n) is 11.4. The van der Waals surface area contributed by atoms with Crippen LogP contribution < -0.4 is 21.2 Å². The maximum atomic E-state index is 15.4. The third-order valence-corrected chi connectivity index (χ3v) is 6.75. The first-order valence-corrected chi connectivity index (χ1v) is 11.4. The summed E-state index contributed by atoms with van der Waals surface area (Å²) in [5, 5.41) is 10.1. The van der Waals surface area contributed by atoms with Gasteiger partial charge in [-0.1, -0.05) is 18.2 Å². The van der Waals surface area contributed by atoms with Gasteiger partial charge in [0.15, 0.2) is 0 Å². The highest BCUT2D eigenvalue weighted by Crippen LogP contribution is 2.38. The molecule has 8 heteroatoms. The number of pyridine rings is 1. The highest BCUT2D eigenvalue weighted by molar-refractivity contribution is 5.99. The number of halogens is 1. The van der Waals surface area contributed by atoms with Crippen molar-refractivity contribution in [2.75, 3.05) is 23.4 Å². The molecule has 2 aliphatic rings. The van der Waals surface area contributed by atoms with Gasteiger partial charge in [0, 0.05) is 36.3 Å². The molecule has 0 saturated carbocycles. The summed E-state index contributed by atoms with van der Waals surface area (Å²) in [6.45, 7) is 3.18. The van der Waals surface area contributed by atoms with Gasteiger partial charge in [0.1, 0.15) is 11.4 Å². The Bertz CT molecular complexity index is 1270. The van der Waals surface area contributed by atoms with Crippen molar-refractivity contribution in [1.82, 2.24) is 9.99 Å². The van der Waals surface area contributed by atoms with Crippen LogP contribution in [0.5, 0.6) is 0 Å². The van der Waals surface area contributed by atoms with Crippen LogP contribution in [0.4, 0.5) is 15.8 Å².